The van der Waals surface area contributed by atoms with Crippen molar-refractivity contribution in [3.05, 3.63) is 40.8 Å². The van der Waals surface area contributed by atoms with E-state index < -0.39 is 10.0 Å². The number of thiazole rings is 1. The van der Waals surface area contributed by atoms with Crippen molar-refractivity contribution < 1.29 is 17.9 Å². The summed E-state index contributed by atoms with van der Waals surface area (Å²) >= 11 is 2.92. The molecule has 0 bridgehead atoms. The van der Waals surface area contributed by atoms with Crippen LogP contribution in [-0.2, 0) is 21.3 Å². The van der Waals surface area contributed by atoms with E-state index >= 15 is 0 Å². The van der Waals surface area contributed by atoms with E-state index in [0.29, 0.717) is 37.7 Å². The molecule has 1 saturated heterocycles. The fraction of sp³-hybridized carbons (Fsp3) is 0.368. The van der Waals surface area contributed by atoms with Crippen LogP contribution in [0.1, 0.15) is 15.2 Å². The van der Waals surface area contributed by atoms with Gasteiger partial charge in [0.05, 0.1) is 27.7 Å². The van der Waals surface area contributed by atoms with Crippen LogP contribution in [0.3, 0.4) is 0 Å². The van der Waals surface area contributed by atoms with E-state index in [2.05, 4.69) is 10.3 Å². The SMILES string of the molecule is CN(C)c1nc2sc(C(=O)NCc3ccc(S(=O)(=O)N4CCOCC4)cc3)cc2s1. The van der Waals surface area contributed by atoms with Crippen molar-refractivity contribution in [2.24, 2.45) is 0 Å². The molecule has 1 aromatic carbocycles. The maximum atomic E-state index is 12.7. The molecular weight excluding hydrogens is 444 g/mol. The summed E-state index contributed by atoms with van der Waals surface area (Å²) in [4.78, 5) is 20.7. The zero-order chi connectivity index (χ0) is 21.3. The quantitative estimate of drug-likeness (QED) is 0.600. The summed E-state index contributed by atoms with van der Waals surface area (Å²) in [6.45, 7) is 1.87. The smallest absolute Gasteiger partial charge is 0.261 e. The van der Waals surface area contributed by atoms with Crippen molar-refractivity contribution in [2.75, 3.05) is 45.3 Å². The second kappa shape index (κ2) is 8.60. The standard InChI is InChI=1S/C19H22N4O4S3/c1-22(2)19-21-18-16(29-19)11-15(28-18)17(24)20-12-13-3-5-14(6-4-13)30(25,26)23-7-9-27-10-8-23/h3-6,11H,7-10,12H2,1-2H3,(H,20,24). The molecule has 3 aromatic rings. The third-order valence-electron chi connectivity index (χ3n) is 4.67. The van der Waals surface area contributed by atoms with Crippen LogP contribution in [-0.4, -0.2) is 64.0 Å². The van der Waals surface area contributed by atoms with Gasteiger partial charge < -0.3 is 15.0 Å². The van der Waals surface area contributed by atoms with Crippen LogP contribution >= 0.6 is 22.7 Å². The number of rotatable bonds is 6. The lowest BCUT2D eigenvalue weighted by molar-refractivity contribution is 0.0730. The monoisotopic (exact) mass is 466 g/mol. The van der Waals surface area contributed by atoms with Crippen molar-refractivity contribution in [3.8, 4) is 0 Å². The fourth-order valence-corrected chi connectivity index (χ4v) is 6.47. The molecule has 0 saturated carbocycles. The number of hydrogen-bond acceptors (Lipinski definition) is 8. The van der Waals surface area contributed by atoms with Gasteiger partial charge in [-0.25, -0.2) is 13.4 Å². The minimum atomic E-state index is -3.51. The van der Waals surface area contributed by atoms with Gasteiger partial charge in [-0.05, 0) is 23.8 Å². The lowest BCUT2D eigenvalue weighted by atomic mass is 10.2. The molecule has 8 nitrogen and oxygen atoms in total. The first-order chi connectivity index (χ1) is 14.3. The van der Waals surface area contributed by atoms with E-state index in [1.165, 1.54) is 15.6 Å². The van der Waals surface area contributed by atoms with Crippen LogP contribution in [0.5, 0.6) is 0 Å². The first-order valence-electron chi connectivity index (χ1n) is 9.37. The molecule has 1 N–H and O–H groups in total. The molecule has 30 heavy (non-hydrogen) atoms. The molecule has 1 aliphatic heterocycles. The minimum absolute atomic E-state index is 0.165. The van der Waals surface area contributed by atoms with Gasteiger partial charge in [0, 0.05) is 33.7 Å². The largest absolute Gasteiger partial charge is 0.379 e. The summed E-state index contributed by atoms with van der Waals surface area (Å²) in [6, 6.07) is 8.48. The minimum Gasteiger partial charge on any atom is -0.379 e. The topological polar surface area (TPSA) is 91.8 Å². The predicted octanol–water partition coefficient (Wildman–Crippen LogP) is 2.37. The summed E-state index contributed by atoms with van der Waals surface area (Å²) in [5.41, 5.74) is 0.829. The number of benzene rings is 1. The van der Waals surface area contributed by atoms with E-state index in [1.54, 1.807) is 35.6 Å². The summed E-state index contributed by atoms with van der Waals surface area (Å²) in [6.07, 6.45) is 0. The summed E-state index contributed by atoms with van der Waals surface area (Å²) in [5, 5.41) is 3.80. The van der Waals surface area contributed by atoms with Gasteiger partial charge in [0.15, 0.2) is 5.13 Å². The normalized spacial score (nSPS) is 15.4. The van der Waals surface area contributed by atoms with E-state index in [0.717, 1.165) is 20.2 Å². The van der Waals surface area contributed by atoms with Crippen LogP contribution in [0, 0.1) is 0 Å². The number of aromatic nitrogens is 1. The number of sulfonamides is 1. The van der Waals surface area contributed by atoms with Gasteiger partial charge >= 0.3 is 0 Å². The molecule has 1 fully saturated rings. The van der Waals surface area contributed by atoms with E-state index in [-0.39, 0.29) is 10.8 Å². The Balaban J connectivity index is 1.39. The highest BCUT2D eigenvalue weighted by Gasteiger charge is 2.26. The third kappa shape index (κ3) is 4.35. The number of amides is 1. The van der Waals surface area contributed by atoms with Gasteiger partial charge in [0.25, 0.3) is 5.91 Å². The second-order valence-electron chi connectivity index (χ2n) is 7.01. The molecule has 2 aromatic heterocycles. The second-order valence-corrected chi connectivity index (χ2v) is 11.0. The van der Waals surface area contributed by atoms with E-state index in [4.69, 9.17) is 4.74 Å². The van der Waals surface area contributed by atoms with Crippen molar-refractivity contribution in [1.82, 2.24) is 14.6 Å². The summed E-state index contributed by atoms with van der Waals surface area (Å²) in [7, 11) is 0.363. The van der Waals surface area contributed by atoms with Gasteiger partial charge in [-0.1, -0.05) is 23.5 Å². The van der Waals surface area contributed by atoms with Crippen LogP contribution < -0.4 is 10.2 Å². The van der Waals surface area contributed by atoms with Gasteiger partial charge in [-0.15, -0.1) is 11.3 Å². The number of morpholine rings is 1. The number of carbonyl (C=O) groups excluding carboxylic acids is 1. The van der Waals surface area contributed by atoms with Crippen LogP contribution in [0.25, 0.3) is 9.53 Å². The van der Waals surface area contributed by atoms with Gasteiger partial charge in [-0.3, -0.25) is 4.79 Å². The number of hydrogen-bond donors (Lipinski definition) is 1. The van der Waals surface area contributed by atoms with Crippen molar-refractivity contribution in [2.45, 2.75) is 11.4 Å². The van der Waals surface area contributed by atoms with Crippen LogP contribution in [0.4, 0.5) is 5.13 Å². The maximum absolute atomic E-state index is 12.7. The highest BCUT2D eigenvalue weighted by molar-refractivity contribution is 7.89. The Kier molecular flexibility index (Phi) is 6.07. The number of ether oxygens (including phenoxy) is 1. The van der Waals surface area contributed by atoms with Crippen LogP contribution in [0.15, 0.2) is 35.2 Å². The van der Waals surface area contributed by atoms with Crippen molar-refractivity contribution >= 4 is 53.3 Å². The zero-order valence-corrected chi connectivity index (χ0v) is 19.1. The molecule has 1 aliphatic rings. The number of nitrogens with one attached hydrogen (secondary N) is 1. The highest BCUT2D eigenvalue weighted by atomic mass is 32.2. The average molecular weight is 467 g/mol. The molecule has 0 atom stereocenters. The molecule has 11 heteroatoms. The third-order valence-corrected chi connectivity index (χ3v) is 8.91. The van der Waals surface area contributed by atoms with Gasteiger partial charge in [-0.2, -0.15) is 4.31 Å². The first kappa shape index (κ1) is 21.2. The van der Waals surface area contributed by atoms with Crippen molar-refractivity contribution in [3.63, 3.8) is 0 Å². The molecule has 0 aliphatic carbocycles. The Hall–Kier alpha value is -2.05. The number of anilines is 1. The lowest BCUT2D eigenvalue weighted by Crippen LogP contribution is -2.40. The van der Waals surface area contributed by atoms with E-state index in [1.807, 2.05) is 25.1 Å². The first-order valence-corrected chi connectivity index (χ1v) is 12.4. The molecule has 1 amide bonds. The Morgan fingerprint density at radius 1 is 1.20 bits per heavy atom. The van der Waals surface area contributed by atoms with Crippen molar-refractivity contribution in [1.29, 1.82) is 0 Å². The Morgan fingerprint density at radius 2 is 1.90 bits per heavy atom. The van der Waals surface area contributed by atoms with Crippen LogP contribution in [0.2, 0.25) is 0 Å². The number of nitrogens with zero attached hydrogens (tertiary/aromatic N) is 3. The molecule has 4 rings (SSSR count). The molecule has 0 spiro atoms. The Morgan fingerprint density at radius 3 is 2.53 bits per heavy atom. The zero-order valence-electron chi connectivity index (χ0n) is 16.6. The molecule has 0 unspecified atom stereocenters. The number of carbonyl (C=O) groups is 1. The predicted molar refractivity (Wildman–Crippen MR) is 119 cm³/mol. The summed E-state index contributed by atoms with van der Waals surface area (Å²) in [5.74, 6) is -0.165. The average Bonchev–Trinajstić information content (AvgIpc) is 3.33. The molecule has 3 heterocycles. The Bertz CT molecular complexity index is 1110. The van der Waals surface area contributed by atoms with Gasteiger partial charge in [0.2, 0.25) is 10.0 Å². The Labute approximate surface area is 183 Å². The van der Waals surface area contributed by atoms with E-state index in [9.17, 15) is 13.2 Å². The summed E-state index contributed by atoms with van der Waals surface area (Å²) < 4.78 is 33.0. The number of thiophene rings is 1. The highest BCUT2D eigenvalue weighted by Crippen LogP contribution is 2.33. The lowest BCUT2D eigenvalue weighted by Gasteiger charge is -2.26. The van der Waals surface area contributed by atoms with Gasteiger partial charge in [0.1, 0.15) is 4.83 Å². The maximum Gasteiger partial charge on any atom is 0.261 e. The fourth-order valence-electron chi connectivity index (χ4n) is 3.01. The molecule has 160 valence electrons. The molecule has 0 radical (unpaired) electrons. The number of fused-ring (bicyclic) bond motifs is 1. The molecular formula is C19H22N4O4S3.